The quantitative estimate of drug-likeness (QED) is 0.764. The van der Waals surface area contributed by atoms with Crippen molar-refractivity contribution >= 4 is 39.3 Å². The van der Waals surface area contributed by atoms with Gasteiger partial charge in [-0.1, -0.05) is 40.5 Å². The van der Waals surface area contributed by atoms with Crippen molar-refractivity contribution in [1.82, 2.24) is 0 Å². The Balaban J connectivity index is 2.76. The van der Waals surface area contributed by atoms with Crippen molar-refractivity contribution in [3.8, 4) is 0 Å². The third-order valence-electron chi connectivity index (χ3n) is 2.41. The average Bonchev–Trinajstić information content (AvgIpc) is 2.25. The van der Waals surface area contributed by atoms with Gasteiger partial charge in [-0.3, -0.25) is 5.32 Å². The van der Waals surface area contributed by atoms with E-state index in [0.29, 0.717) is 16.6 Å². The normalized spacial score (nSPS) is 12.9. The number of carbonyl (C=O) groups excluding carboxylic acids is 1. The van der Waals surface area contributed by atoms with Crippen LogP contribution in [0.1, 0.15) is 39.2 Å². The molecule has 1 N–H and O–H groups in total. The lowest BCUT2D eigenvalue weighted by molar-refractivity contribution is 0.0636. The predicted octanol–water partition coefficient (Wildman–Crippen LogP) is 5.19. The summed E-state index contributed by atoms with van der Waals surface area (Å²) in [6.45, 7) is 7.54. The molecule has 0 aliphatic carbocycles. The molecule has 106 valence electrons. The highest BCUT2D eigenvalue weighted by Gasteiger charge is 2.16. The summed E-state index contributed by atoms with van der Waals surface area (Å²) < 4.78 is 5.18. The highest BCUT2D eigenvalue weighted by molar-refractivity contribution is 9.09. The molecule has 0 aromatic heterocycles. The molecule has 1 aromatic rings. The van der Waals surface area contributed by atoms with Crippen LogP contribution in [0.2, 0.25) is 5.02 Å². The minimum Gasteiger partial charge on any atom is -0.444 e. The molecule has 5 heteroatoms. The Kier molecular flexibility index (Phi) is 5.68. The Labute approximate surface area is 127 Å². The second-order valence-corrected chi connectivity index (χ2v) is 6.47. The van der Waals surface area contributed by atoms with E-state index in [9.17, 15) is 4.79 Å². The molecule has 0 radical (unpaired) electrons. The zero-order valence-corrected chi connectivity index (χ0v) is 13.9. The second kappa shape index (κ2) is 6.62. The average molecular weight is 349 g/mol. The molecule has 19 heavy (non-hydrogen) atoms. The monoisotopic (exact) mass is 347 g/mol. The van der Waals surface area contributed by atoms with Gasteiger partial charge in [0.1, 0.15) is 5.60 Å². The zero-order valence-electron chi connectivity index (χ0n) is 11.6. The Hall–Kier alpha value is -0.740. The molecule has 1 atom stereocenters. The van der Waals surface area contributed by atoms with Gasteiger partial charge in [0.05, 0.1) is 0 Å². The molecule has 0 bridgehead atoms. The van der Waals surface area contributed by atoms with Crippen LogP contribution in [0.4, 0.5) is 10.5 Å². The molecule has 0 spiro atoms. The molecule has 3 nitrogen and oxygen atoms in total. The lowest BCUT2D eigenvalue weighted by Gasteiger charge is -2.20. The topological polar surface area (TPSA) is 38.3 Å². The van der Waals surface area contributed by atoms with Gasteiger partial charge in [-0.2, -0.15) is 0 Å². The summed E-state index contributed by atoms with van der Waals surface area (Å²) in [5, 5.41) is 4.14. The second-order valence-electron chi connectivity index (χ2n) is 5.42. The van der Waals surface area contributed by atoms with Gasteiger partial charge in [0.25, 0.3) is 0 Å². The molecule has 0 saturated heterocycles. The van der Waals surface area contributed by atoms with Crippen LogP contribution >= 0.6 is 27.5 Å². The van der Waals surface area contributed by atoms with Crippen molar-refractivity contribution in [2.45, 2.75) is 39.2 Å². The summed E-state index contributed by atoms with van der Waals surface area (Å²) in [5.74, 6) is 0.322. The molecule has 0 aliphatic rings. The number of benzene rings is 1. The number of alkyl halides is 1. The first-order chi connectivity index (χ1) is 8.73. The Morgan fingerprint density at radius 1 is 1.47 bits per heavy atom. The van der Waals surface area contributed by atoms with E-state index in [-0.39, 0.29) is 0 Å². The molecule has 0 saturated carbocycles. The van der Waals surface area contributed by atoms with Crippen LogP contribution in [0.25, 0.3) is 0 Å². The molecular weight excluding hydrogens is 330 g/mol. The summed E-state index contributed by atoms with van der Waals surface area (Å²) in [5.41, 5.74) is 1.16. The maximum atomic E-state index is 11.6. The minimum atomic E-state index is -0.516. The largest absolute Gasteiger partial charge is 0.444 e. The maximum Gasteiger partial charge on any atom is 0.412 e. The molecule has 0 heterocycles. The van der Waals surface area contributed by atoms with E-state index in [4.69, 9.17) is 16.3 Å². The van der Waals surface area contributed by atoms with Gasteiger partial charge in [-0.25, -0.2) is 4.79 Å². The first-order valence-corrected chi connectivity index (χ1v) is 7.58. The van der Waals surface area contributed by atoms with Gasteiger partial charge < -0.3 is 4.74 Å². The van der Waals surface area contributed by atoms with E-state index in [2.05, 4.69) is 28.2 Å². The van der Waals surface area contributed by atoms with Crippen molar-refractivity contribution < 1.29 is 9.53 Å². The van der Waals surface area contributed by atoms with Crippen LogP contribution in [-0.2, 0) is 4.74 Å². The first kappa shape index (κ1) is 16.3. The van der Waals surface area contributed by atoms with Crippen molar-refractivity contribution in [3.63, 3.8) is 0 Å². The van der Waals surface area contributed by atoms with Gasteiger partial charge >= 0.3 is 6.09 Å². The Bertz CT molecular complexity index is 457. The summed E-state index contributed by atoms with van der Waals surface area (Å²) in [7, 11) is 0. The first-order valence-electron chi connectivity index (χ1n) is 6.08. The fourth-order valence-corrected chi connectivity index (χ4v) is 2.22. The fourth-order valence-electron chi connectivity index (χ4n) is 1.51. The number of hydrogen-bond donors (Lipinski definition) is 1. The van der Waals surface area contributed by atoms with Crippen LogP contribution in [0, 0.1) is 0 Å². The highest BCUT2D eigenvalue weighted by Crippen LogP contribution is 2.28. The molecule has 1 aromatic carbocycles. The lowest BCUT2D eigenvalue weighted by Crippen LogP contribution is -2.27. The third-order valence-corrected chi connectivity index (χ3v) is 3.71. The van der Waals surface area contributed by atoms with Crippen LogP contribution in [-0.4, -0.2) is 17.0 Å². The lowest BCUT2D eigenvalue weighted by atomic mass is 10.0. The number of rotatable bonds is 3. The SMILES string of the molecule is CC(CBr)c1ccc(NC(=O)OC(C)(C)C)cc1Cl. The maximum absolute atomic E-state index is 11.6. The minimum absolute atomic E-state index is 0.322. The number of halogens is 2. The molecule has 0 fully saturated rings. The van der Waals surface area contributed by atoms with Crippen molar-refractivity contribution in [3.05, 3.63) is 28.8 Å². The summed E-state index contributed by atoms with van der Waals surface area (Å²) in [4.78, 5) is 11.6. The van der Waals surface area contributed by atoms with E-state index in [1.165, 1.54) is 0 Å². The molecular formula is C14H19BrClNO2. The van der Waals surface area contributed by atoms with E-state index < -0.39 is 11.7 Å². The van der Waals surface area contributed by atoms with Crippen molar-refractivity contribution in [2.75, 3.05) is 10.6 Å². The highest BCUT2D eigenvalue weighted by atomic mass is 79.9. The van der Waals surface area contributed by atoms with Crippen LogP contribution < -0.4 is 5.32 Å². The number of nitrogens with one attached hydrogen (secondary N) is 1. The Morgan fingerprint density at radius 2 is 2.11 bits per heavy atom. The zero-order chi connectivity index (χ0) is 14.6. The predicted molar refractivity (Wildman–Crippen MR) is 83.5 cm³/mol. The van der Waals surface area contributed by atoms with Crippen LogP contribution in [0.15, 0.2) is 18.2 Å². The summed E-state index contributed by atoms with van der Waals surface area (Å²) in [6.07, 6.45) is -0.482. The summed E-state index contributed by atoms with van der Waals surface area (Å²) in [6, 6.07) is 5.48. The number of ether oxygens (including phenoxy) is 1. The van der Waals surface area contributed by atoms with Gasteiger partial charge in [-0.05, 0) is 44.4 Å². The number of anilines is 1. The van der Waals surface area contributed by atoms with E-state index in [1.54, 1.807) is 6.07 Å². The summed E-state index contributed by atoms with van der Waals surface area (Å²) >= 11 is 9.64. The molecule has 0 aliphatic heterocycles. The van der Waals surface area contributed by atoms with E-state index >= 15 is 0 Å². The van der Waals surface area contributed by atoms with Gasteiger partial charge in [-0.15, -0.1) is 0 Å². The van der Waals surface area contributed by atoms with Gasteiger partial charge in [0.15, 0.2) is 0 Å². The van der Waals surface area contributed by atoms with Crippen molar-refractivity contribution in [2.24, 2.45) is 0 Å². The van der Waals surface area contributed by atoms with E-state index in [1.807, 2.05) is 32.9 Å². The van der Waals surface area contributed by atoms with Crippen LogP contribution in [0.3, 0.4) is 0 Å². The Morgan fingerprint density at radius 3 is 2.58 bits per heavy atom. The van der Waals surface area contributed by atoms with Crippen LogP contribution in [0.5, 0.6) is 0 Å². The number of carbonyl (C=O) groups is 1. The smallest absolute Gasteiger partial charge is 0.412 e. The number of hydrogen-bond acceptors (Lipinski definition) is 2. The third kappa shape index (κ3) is 5.41. The molecule has 1 rings (SSSR count). The van der Waals surface area contributed by atoms with Gasteiger partial charge in [0.2, 0.25) is 0 Å². The van der Waals surface area contributed by atoms with Crippen molar-refractivity contribution in [1.29, 1.82) is 0 Å². The van der Waals surface area contributed by atoms with E-state index in [0.717, 1.165) is 10.9 Å². The molecule has 1 unspecified atom stereocenters. The standard InChI is InChI=1S/C14H19BrClNO2/c1-9(8-15)11-6-5-10(7-12(11)16)17-13(18)19-14(2,3)4/h5-7,9H,8H2,1-4H3,(H,17,18). The fraction of sp³-hybridized carbons (Fsp3) is 0.500. The van der Waals surface area contributed by atoms with Gasteiger partial charge in [0, 0.05) is 16.0 Å². The number of amides is 1. The molecule has 1 amide bonds.